The van der Waals surface area contributed by atoms with Gasteiger partial charge >= 0.3 is 0 Å². The van der Waals surface area contributed by atoms with Crippen LogP contribution in [-0.4, -0.2) is 34.2 Å². The number of nitrogens with zero attached hydrogens (tertiary/aromatic N) is 2. The monoisotopic (exact) mass is 293 g/mol. The van der Waals surface area contributed by atoms with Crippen LogP contribution in [0.5, 0.6) is 0 Å². The van der Waals surface area contributed by atoms with Crippen molar-refractivity contribution >= 4 is 17.7 Å². The Morgan fingerprint density at radius 3 is 2.80 bits per heavy atom. The molecule has 0 spiro atoms. The normalized spacial score (nSPS) is 10.5. The number of halogens is 1. The number of nitrogens with one attached hydrogen (secondary N) is 1. The Morgan fingerprint density at radius 1 is 1.40 bits per heavy atom. The van der Waals surface area contributed by atoms with Crippen LogP contribution in [0.2, 0.25) is 0 Å². The Morgan fingerprint density at radius 2 is 2.15 bits per heavy atom. The molecule has 0 aliphatic carbocycles. The minimum Gasteiger partial charge on any atom is -0.351 e. The van der Waals surface area contributed by atoms with Gasteiger partial charge < -0.3 is 5.32 Å². The van der Waals surface area contributed by atoms with Gasteiger partial charge in [0.1, 0.15) is 6.67 Å². The molecule has 1 heterocycles. The molecule has 0 saturated carbocycles. The second kappa shape index (κ2) is 7.09. The summed E-state index contributed by atoms with van der Waals surface area (Å²) in [7, 11) is 0. The van der Waals surface area contributed by atoms with Crippen molar-refractivity contribution in [2.24, 2.45) is 0 Å². The fourth-order valence-electron chi connectivity index (χ4n) is 1.85. The lowest BCUT2D eigenvalue weighted by Crippen LogP contribution is -2.26. The largest absolute Gasteiger partial charge is 0.351 e. The molecule has 1 aromatic carbocycles. The SMILES string of the molecule is CSCCNC(=O)c1cnn(-c2ccccc2)c1CF. The van der Waals surface area contributed by atoms with E-state index in [0.717, 1.165) is 11.4 Å². The lowest BCUT2D eigenvalue weighted by molar-refractivity contribution is 0.0954. The number of aromatic nitrogens is 2. The predicted molar refractivity (Wildman–Crippen MR) is 79.1 cm³/mol. The number of alkyl halides is 1. The van der Waals surface area contributed by atoms with Gasteiger partial charge in [-0.05, 0) is 18.4 Å². The third-order valence-electron chi connectivity index (χ3n) is 2.83. The maximum absolute atomic E-state index is 13.3. The van der Waals surface area contributed by atoms with E-state index in [9.17, 15) is 9.18 Å². The van der Waals surface area contributed by atoms with Gasteiger partial charge in [0.25, 0.3) is 5.91 Å². The maximum atomic E-state index is 13.3. The van der Waals surface area contributed by atoms with Crippen molar-refractivity contribution in [2.75, 3.05) is 18.6 Å². The zero-order chi connectivity index (χ0) is 14.4. The molecule has 1 aromatic heterocycles. The number of para-hydroxylation sites is 1. The van der Waals surface area contributed by atoms with Crippen LogP contribution in [0.4, 0.5) is 4.39 Å². The number of carbonyl (C=O) groups is 1. The standard InChI is InChI=1S/C14H16FN3OS/c1-20-8-7-16-14(19)12-10-17-18(13(12)9-15)11-5-3-2-4-6-11/h2-6,10H,7-9H2,1H3,(H,16,19). The van der Waals surface area contributed by atoms with Gasteiger partial charge in [-0.1, -0.05) is 18.2 Å². The van der Waals surface area contributed by atoms with E-state index >= 15 is 0 Å². The van der Waals surface area contributed by atoms with Gasteiger partial charge in [-0.25, -0.2) is 9.07 Å². The molecule has 0 radical (unpaired) electrons. The molecule has 0 aliphatic rings. The van der Waals surface area contributed by atoms with Crippen LogP contribution in [0.3, 0.4) is 0 Å². The fourth-order valence-corrected chi connectivity index (χ4v) is 2.15. The van der Waals surface area contributed by atoms with Crippen LogP contribution in [0.15, 0.2) is 36.5 Å². The Bertz CT molecular complexity index is 571. The molecule has 106 valence electrons. The van der Waals surface area contributed by atoms with Crippen LogP contribution in [0.1, 0.15) is 16.1 Å². The smallest absolute Gasteiger partial charge is 0.254 e. The van der Waals surface area contributed by atoms with Gasteiger partial charge in [0.2, 0.25) is 0 Å². The molecule has 0 saturated heterocycles. The number of hydrogen-bond acceptors (Lipinski definition) is 3. The molecule has 6 heteroatoms. The van der Waals surface area contributed by atoms with Gasteiger partial charge in [-0.15, -0.1) is 0 Å². The van der Waals surface area contributed by atoms with Crippen LogP contribution in [-0.2, 0) is 6.67 Å². The van der Waals surface area contributed by atoms with Crippen molar-refractivity contribution in [3.05, 3.63) is 47.8 Å². The first-order valence-electron chi connectivity index (χ1n) is 6.23. The van der Waals surface area contributed by atoms with E-state index in [4.69, 9.17) is 0 Å². The van der Waals surface area contributed by atoms with E-state index in [1.165, 1.54) is 10.9 Å². The molecular formula is C14H16FN3OS. The lowest BCUT2D eigenvalue weighted by Gasteiger charge is -2.07. The number of rotatable bonds is 6. The van der Waals surface area contributed by atoms with Crippen molar-refractivity contribution in [2.45, 2.75) is 6.67 Å². The third-order valence-corrected chi connectivity index (χ3v) is 3.44. The molecule has 2 aromatic rings. The molecule has 1 amide bonds. The molecule has 4 nitrogen and oxygen atoms in total. The van der Waals surface area contributed by atoms with Crippen molar-refractivity contribution in [1.82, 2.24) is 15.1 Å². The third kappa shape index (κ3) is 3.19. The first-order chi connectivity index (χ1) is 9.77. The number of thioether (sulfide) groups is 1. The van der Waals surface area contributed by atoms with E-state index in [0.29, 0.717) is 6.54 Å². The molecule has 2 rings (SSSR count). The van der Waals surface area contributed by atoms with E-state index in [2.05, 4.69) is 10.4 Å². The summed E-state index contributed by atoms with van der Waals surface area (Å²) in [6, 6.07) is 9.20. The molecule has 0 aliphatic heterocycles. The van der Waals surface area contributed by atoms with E-state index in [1.54, 1.807) is 11.8 Å². The Hall–Kier alpha value is -1.82. The number of benzene rings is 1. The summed E-state index contributed by atoms with van der Waals surface area (Å²) in [5.74, 6) is 0.539. The highest BCUT2D eigenvalue weighted by Gasteiger charge is 2.17. The number of amides is 1. The summed E-state index contributed by atoms with van der Waals surface area (Å²) in [5, 5.41) is 6.88. The maximum Gasteiger partial charge on any atom is 0.254 e. The van der Waals surface area contributed by atoms with Crippen LogP contribution >= 0.6 is 11.8 Å². The van der Waals surface area contributed by atoms with Crippen LogP contribution < -0.4 is 5.32 Å². The van der Waals surface area contributed by atoms with Gasteiger partial charge in [0.15, 0.2) is 0 Å². The van der Waals surface area contributed by atoms with E-state index in [-0.39, 0.29) is 17.2 Å². The second-order valence-corrected chi connectivity index (χ2v) is 5.12. The van der Waals surface area contributed by atoms with Gasteiger partial charge in [0.05, 0.1) is 23.1 Å². The molecule has 1 N–H and O–H groups in total. The molecule has 0 bridgehead atoms. The minimum atomic E-state index is -0.736. The summed E-state index contributed by atoms with van der Waals surface area (Å²) in [4.78, 5) is 12.0. The Labute approximate surface area is 121 Å². The summed E-state index contributed by atoms with van der Waals surface area (Å²) >= 11 is 1.64. The Balaban J connectivity index is 2.24. The highest BCUT2D eigenvalue weighted by atomic mass is 32.2. The van der Waals surface area contributed by atoms with Crippen LogP contribution in [0, 0.1) is 0 Å². The summed E-state index contributed by atoms with van der Waals surface area (Å²) in [6.45, 7) is -0.178. The van der Waals surface area contributed by atoms with Crippen molar-refractivity contribution in [1.29, 1.82) is 0 Å². The average Bonchev–Trinajstić information content (AvgIpc) is 2.92. The second-order valence-electron chi connectivity index (χ2n) is 4.13. The molecule has 0 atom stereocenters. The van der Waals surface area contributed by atoms with E-state index in [1.807, 2.05) is 36.6 Å². The fraction of sp³-hybridized carbons (Fsp3) is 0.286. The minimum absolute atomic E-state index is 0.276. The lowest BCUT2D eigenvalue weighted by atomic mass is 10.2. The Kier molecular flexibility index (Phi) is 5.17. The zero-order valence-electron chi connectivity index (χ0n) is 11.2. The molecule has 20 heavy (non-hydrogen) atoms. The van der Waals surface area contributed by atoms with Crippen LogP contribution in [0.25, 0.3) is 5.69 Å². The van der Waals surface area contributed by atoms with Crippen molar-refractivity contribution in [3.63, 3.8) is 0 Å². The molecule has 0 fully saturated rings. The van der Waals surface area contributed by atoms with Crippen molar-refractivity contribution < 1.29 is 9.18 Å². The van der Waals surface area contributed by atoms with Gasteiger partial charge in [-0.3, -0.25) is 4.79 Å². The molecular weight excluding hydrogens is 277 g/mol. The average molecular weight is 293 g/mol. The topological polar surface area (TPSA) is 46.9 Å². The van der Waals surface area contributed by atoms with E-state index < -0.39 is 6.67 Å². The highest BCUT2D eigenvalue weighted by Crippen LogP contribution is 2.16. The number of carbonyl (C=O) groups excluding carboxylic acids is 1. The summed E-state index contributed by atoms with van der Waals surface area (Å²) in [6.07, 6.45) is 3.38. The molecule has 0 unspecified atom stereocenters. The number of hydrogen-bond donors (Lipinski definition) is 1. The van der Waals surface area contributed by atoms with Gasteiger partial charge in [-0.2, -0.15) is 16.9 Å². The summed E-state index contributed by atoms with van der Waals surface area (Å²) < 4.78 is 14.7. The predicted octanol–water partition coefficient (Wildman–Crippen LogP) is 2.43. The summed E-state index contributed by atoms with van der Waals surface area (Å²) in [5.41, 5.74) is 1.30. The van der Waals surface area contributed by atoms with Gasteiger partial charge in [0, 0.05) is 12.3 Å². The zero-order valence-corrected chi connectivity index (χ0v) is 12.0. The van der Waals surface area contributed by atoms with Crippen molar-refractivity contribution in [3.8, 4) is 5.69 Å². The first kappa shape index (κ1) is 14.6. The quantitative estimate of drug-likeness (QED) is 0.832. The highest BCUT2D eigenvalue weighted by molar-refractivity contribution is 7.98. The first-order valence-corrected chi connectivity index (χ1v) is 7.62.